The molecule has 4 nitrogen and oxygen atoms in total. The van der Waals surface area contributed by atoms with Crippen molar-refractivity contribution >= 4 is 17.3 Å². The summed E-state index contributed by atoms with van der Waals surface area (Å²) >= 11 is 6.28. The van der Waals surface area contributed by atoms with Crippen molar-refractivity contribution in [1.82, 2.24) is 9.78 Å². The molecule has 0 unspecified atom stereocenters. The first kappa shape index (κ1) is 13.7. The molecule has 0 bridgehead atoms. The second kappa shape index (κ2) is 5.53. The van der Waals surface area contributed by atoms with Crippen molar-refractivity contribution in [1.29, 1.82) is 0 Å². The molecular weight excluding hydrogens is 262 g/mol. The van der Waals surface area contributed by atoms with Gasteiger partial charge in [-0.15, -0.1) is 0 Å². The van der Waals surface area contributed by atoms with Gasteiger partial charge in [0.25, 0.3) is 0 Å². The number of nitrogens with zero attached hydrogens (tertiary/aromatic N) is 2. The molecule has 0 atom stereocenters. The number of hydrogen-bond donors (Lipinski definition) is 1. The molecule has 0 radical (unpaired) electrons. The summed E-state index contributed by atoms with van der Waals surface area (Å²) in [5.74, 6) is 0.810. The molecule has 0 aliphatic heterocycles. The van der Waals surface area contributed by atoms with E-state index >= 15 is 0 Å². The van der Waals surface area contributed by atoms with E-state index in [1.807, 2.05) is 39.1 Å². The van der Waals surface area contributed by atoms with Gasteiger partial charge < -0.3 is 10.5 Å². The van der Waals surface area contributed by atoms with Gasteiger partial charge in [0.05, 0.1) is 16.4 Å². The number of nitrogens with two attached hydrogens (primary N) is 1. The molecule has 1 heterocycles. The molecule has 2 aromatic rings. The zero-order valence-electron chi connectivity index (χ0n) is 11.4. The van der Waals surface area contributed by atoms with Gasteiger partial charge in [-0.3, -0.25) is 4.68 Å². The summed E-state index contributed by atoms with van der Waals surface area (Å²) in [6.07, 6.45) is 0.813. The van der Waals surface area contributed by atoms with Crippen LogP contribution in [0, 0.1) is 6.92 Å². The summed E-state index contributed by atoms with van der Waals surface area (Å²) in [6, 6.07) is 5.58. The second-order valence-corrected chi connectivity index (χ2v) is 4.88. The zero-order valence-corrected chi connectivity index (χ0v) is 12.2. The van der Waals surface area contributed by atoms with Crippen LogP contribution < -0.4 is 10.5 Å². The van der Waals surface area contributed by atoms with Gasteiger partial charge in [0.2, 0.25) is 0 Å². The fourth-order valence-corrected chi connectivity index (χ4v) is 2.31. The van der Waals surface area contributed by atoms with E-state index in [0.717, 1.165) is 34.8 Å². The summed E-state index contributed by atoms with van der Waals surface area (Å²) in [5.41, 5.74) is 9.24. The Labute approximate surface area is 118 Å². The summed E-state index contributed by atoms with van der Waals surface area (Å²) in [5, 5.41) is 5.05. The topological polar surface area (TPSA) is 53.1 Å². The molecule has 0 fully saturated rings. The summed E-state index contributed by atoms with van der Waals surface area (Å²) < 4.78 is 7.57. The fourth-order valence-electron chi connectivity index (χ4n) is 1.96. The maximum Gasteiger partial charge on any atom is 0.131 e. The highest BCUT2D eigenvalue weighted by Gasteiger charge is 2.13. The van der Waals surface area contributed by atoms with Crippen LogP contribution in [0.3, 0.4) is 0 Å². The summed E-state index contributed by atoms with van der Waals surface area (Å²) in [4.78, 5) is 0. The van der Waals surface area contributed by atoms with Crippen molar-refractivity contribution in [3.8, 4) is 5.75 Å². The first-order chi connectivity index (χ1) is 9.02. The highest BCUT2D eigenvalue weighted by molar-refractivity contribution is 6.31. The molecule has 1 aromatic carbocycles. The van der Waals surface area contributed by atoms with Gasteiger partial charge in [-0.2, -0.15) is 5.10 Å². The standard InChI is InChI=1S/C14H18ClN3O/c1-4-11-14(15)12(18(3)17-11)8-19-13-6-5-10(16)7-9(13)2/h5-7H,4,8,16H2,1-3H3. The lowest BCUT2D eigenvalue weighted by molar-refractivity contribution is 0.293. The molecule has 0 amide bonds. The average molecular weight is 280 g/mol. The lowest BCUT2D eigenvalue weighted by Crippen LogP contribution is -2.04. The maximum atomic E-state index is 6.28. The first-order valence-corrected chi connectivity index (χ1v) is 6.60. The Morgan fingerprint density at radius 3 is 2.74 bits per heavy atom. The zero-order chi connectivity index (χ0) is 14.0. The van der Waals surface area contributed by atoms with Crippen LogP contribution in [0.5, 0.6) is 5.75 Å². The Morgan fingerprint density at radius 1 is 1.42 bits per heavy atom. The minimum atomic E-state index is 0.396. The van der Waals surface area contributed by atoms with Crippen LogP contribution in [0.1, 0.15) is 23.9 Å². The normalized spacial score (nSPS) is 10.7. The molecule has 0 spiro atoms. The lowest BCUT2D eigenvalue weighted by atomic mass is 10.2. The van der Waals surface area contributed by atoms with E-state index in [0.29, 0.717) is 11.6 Å². The van der Waals surface area contributed by atoms with E-state index in [1.54, 1.807) is 4.68 Å². The van der Waals surface area contributed by atoms with Gasteiger partial charge in [0, 0.05) is 12.7 Å². The van der Waals surface area contributed by atoms with Crippen LogP contribution in [0.2, 0.25) is 5.02 Å². The fraction of sp³-hybridized carbons (Fsp3) is 0.357. The van der Waals surface area contributed by atoms with Crippen LogP contribution in [0.4, 0.5) is 5.69 Å². The molecule has 19 heavy (non-hydrogen) atoms. The van der Waals surface area contributed by atoms with Crippen molar-refractivity contribution in [2.24, 2.45) is 7.05 Å². The third kappa shape index (κ3) is 2.84. The molecule has 0 saturated heterocycles. The van der Waals surface area contributed by atoms with E-state index in [-0.39, 0.29) is 0 Å². The molecule has 1 aromatic heterocycles. The number of aryl methyl sites for hydroxylation is 3. The summed E-state index contributed by atoms with van der Waals surface area (Å²) in [7, 11) is 1.87. The van der Waals surface area contributed by atoms with E-state index in [2.05, 4.69) is 5.10 Å². The third-order valence-electron chi connectivity index (χ3n) is 3.07. The van der Waals surface area contributed by atoms with Gasteiger partial charge in [-0.05, 0) is 37.1 Å². The van der Waals surface area contributed by atoms with Crippen LogP contribution in [0.25, 0.3) is 0 Å². The number of anilines is 1. The van der Waals surface area contributed by atoms with Crippen LogP contribution in [0.15, 0.2) is 18.2 Å². The SMILES string of the molecule is CCc1nn(C)c(COc2ccc(N)cc2C)c1Cl. The molecule has 2 N–H and O–H groups in total. The molecule has 2 rings (SSSR count). The number of ether oxygens (including phenoxy) is 1. The van der Waals surface area contributed by atoms with E-state index in [4.69, 9.17) is 22.1 Å². The van der Waals surface area contributed by atoms with Gasteiger partial charge in [0.15, 0.2) is 0 Å². The van der Waals surface area contributed by atoms with Crippen molar-refractivity contribution in [2.75, 3.05) is 5.73 Å². The highest BCUT2D eigenvalue weighted by atomic mass is 35.5. The average Bonchev–Trinajstić information content (AvgIpc) is 2.64. The first-order valence-electron chi connectivity index (χ1n) is 6.22. The Hall–Kier alpha value is -1.68. The van der Waals surface area contributed by atoms with Crippen molar-refractivity contribution in [2.45, 2.75) is 26.9 Å². The van der Waals surface area contributed by atoms with Gasteiger partial charge >= 0.3 is 0 Å². The molecule has 0 saturated carbocycles. The van der Waals surface area contributed by atoms with Gasteiger partial charge in [-0.1, -0.05) is 18.5 Å². The smallest absolute Gasteiger partial charge is 0.131 e. The Morgan fingerprint density at radius 2 is 2.16 bits per heavy atom. The number of aromatic nitrogens is 2. The quantitative estimate of drug-likeness (QED) is 0.875. The van der Waals surface area contributed by atoms with Gasteiger partial charge in [-0.25, -0.2) is 0 Å². The Bertz CT molecular complexity index is 593. The number of halogens is 1. The molecule has 5 heteroatoms. The number of nitrogen functional groups attached to an aromatic ring is 1. The summed E-state index contributed by atoms with van der Waals surface area (Å²) in [6.45, 7) is 4.39. The van der Waals surface area contributed by atoms with Crippen LogP contribution in [-0.4, -0.2) is 9.78 Å². The Balaban J connectivity index is 2.16. The minimum absolute atomic E-state index is 0.396. The number of hydrogen-bond acceptors (Lipinski definition) is 3. The number of rotatable bonds is 4. The number of benzene rings is 1. The Kier molecular flexibility index (Phi) is 4.00. The highest BCUT2D eigenvalue weighted by Crippen LogP contribution is 2.25. The second-order valence-electron chi connectivity index (χ2n) is 4.50. The predicted octanol–water partition coefficient (Wildman–Crippen LogP) is 3.11. The third-order valence-corrected chi connectivity index (χ3v) is 3.50. The van der Waals surface area contributed by atoms with E-state index in [1.165, 1.54) is 0 Å². The molecule has 0 aliphatic carbocycles. The molecular formula is C14H18ClN3O. The van der Waals surface area contributed by atoms with E-state index < -0.39 is 0 Å². The van der Waals surface area contributed by atoms with Crippen LogP contribution in [-0.2, 0) is 20.1 Å². The minimum Gasteiger partial charge on any atom is -0.487 e. The molecule has 102 valence electrons. The predicted molar refractivity (Wildman–Crippen MR) is 77.5 cm³/mol. The molecule has 0 aliphatic rings. The van der Waals surface area contributed by atoms with Crippen molar-refractivity contribution in [3.05, 3.63) is 40.2 Å². The van der Waals surface area contributed by atoms with E-state index in [9.17, 15) is 0 Å². The van der Waals surface area contributed by atoms with Crippen LogP contribution >= 0.6 is 11.6 Å². The van der Waals surface area contributed by atoms with Crippen molar-refractivity contribution in [3.63, 3.8) is 0 Å². The maximum absolute atomic E-state index is 6.28. The lowest BCUT2D eigenvalue weighted by Gasteiger charge is -2.10. The largest absolute Gasteiger partial charge is 0.487 e. The van der Waals surface area contributed by atoms with Crippen molar-refractivity contribution < 1.29 is 4.74 Å². The monoisotopic (exact) mass is 279 g/mol. The van der Waals surface area contributed by atoms with Gasteiger partial charge in [0.1, 0.15) is 12.4 Å².